The van der Waals surface area contributed by atoms with E-state index in [2.05, 4.69) is 27.5 Å². The van der Waals surface area contributed by atoms with Crippen LogP contribution in [0.25, 0.3) is 0 Å². The number of amides is 3. The lowest BCUT2D eigenvalue weighted by Crippen LogP contribution is -2.46. The second-order valence-corrected chi connectivity index (χ2v) is 10.1. The molecule has 0 unspecified atom stereocenters. The fourth-order valence-electron chi connectivity index (χ4n) is 4.08. The van der Waals surface area contributed by atoms with Crippen molar-refractivity contribution in [2.45, 2.75) is 72.4 Å². The van der Waals surface area contributed by atoms with Crippen LogP contribution in [-0.4, -0.2) is 44.9 Å². The lowest BCUT2D eigenvalue weighted by molar-refractivity contribution is -0.146. The van der Waals surface area contributed by atoms with Crippen LogP contribution in [-0.2, 0) is 20.7 Å². The topological polar surface area (TPSA) is 114 Å². The van der Waals surface area contributed by atoms with Gasteiger partial charge in [0, 0.05) is 18.4 Å². The molecule has 0 saturated carbocycles. The standard InChI is InChI=1S/C26H35N5O4/c1-7-18-12-20(14-28-22(18)30-25(34)35-26(4,5)6)29-23(32)24(33)31-15-16(2)8-11-21(31)19-10-9-17(3)27-13-19/h9-10,12-14,16,21H,7-8,11,15H2,1-6H3,(H,29,32)(H,28,30,34)/t16-,21+/m0/s1. The maximum Gasteiger partial charge on any atom is 0.413 e. The normalized spacial score (nSPS) is 18.1. The van der Waals surface area contributed by atoms with Crippen LogP contribution in [0, 0.1) is 12.8 Å². The minimum absolute atomic E-state index is 0.192. The first-order valence-corrected chi connectivity index (χ1v) is 12.0. The van der Waals surface area contributed by atoms with Gasteiger partial charge in [0.1, 0.15) is 11.4 Å². The summed E-state index contributed by atoms with van der Waals surface area (Å²) in [7, 11) is 0. The van der Waals surface area contributed by atoms with E-state index in [0.29, 0.717) is 36.0 Å². The maximum absolute atomic E-state index is 13.2. The molecule has 9 nitrogen and oxygen atoms in total. The summed E-state index contributed by atoms with van der Waals surface area (Å²) in [6.45, 7) is 11.7. The van der Waals surface area contributed by atoms with Gasteiger partial charge in [-0.25, -0.2) is 9.78 Å². The van der Waals surface area contributed by atoms with Crippen LogP contribution >= 0.6 is 0 Å². The fourth-order valence-corrected chi connectivity index (χ4v) is 4.08. The molecule has 1 fully saturated rings. The number of hydrogen-bond acceptors (Lipinski definition) is 6. The van der Waals surface area contributed by atoms with Crippen molar-refractivity contribution in [1.29, 1.82) is 0 Å². The number of aryl methyl sites for hydroxylation is 2. The number of piperidine rings is 1. The van der Waals surface area contributed by atoms with Crippen molar-refractivity contribution in [2.24, 2.45) is 5.92 Å². The van der Waals surface area contributed by atoms with Crippen molar-refractivity contribution < 1.29 is 19.1 Å². The Morgan fingerprint density at radius 1 is 1.11 bits per heavy atom. The highest BCUT2D eigenvalue weighted by molar-refractivity contribution is 6.39. The van der Waals surface area contributed by atoms with Crippen molar-refractivity contribution in [3.8, 4) is 0 Å². The van der Waals surface area contributed by atoms with E-state index in [-0.39, 0.29) is 6.04 Å². The second kappa shape index (κ2) is 10.8. The van der Waals surface area contributed by atoms with Crippen LogP contribution in [0.4, 0.5) is 16.3 Å². The van der Waals surface area contributed by atoms with Crippen LogP contribution < -0.4 is 10.6 Å². The smallest absolute Gasteiger partial charge is 0.413 e. The third-order valence-electron chi connectivity index (χ3n) is 5.82. The van der Waals surface area contributed by atoms with Crippen molar-refractivity contribution >= 4 is 29.4 Å². The fraction of sp³-hybridized carbons (Fsp3) is 0.500. The summed E-state index contributed by atoms with van der Waals surface area (Å²) in [5.41, 5.74) is 2.28. The number of aromatic nitrogens is 2. The van der Waals surface area contributed by atoms with Gasteiger partial charge < -0.3 is 15.0 Å². The molecule has 35 heavy (non-hydrogen) atoms. The number of likely N-dealkylation sites (tertiary alicyclic amines) is 1. The lowest BCUT2D eigenvalue weighted by Gasteiger charge is -2.38. The minimum Gasteiger partial charge on any atom is -0.444 e. The number of nitrogens with zero attached hydrogens (tertiary/aromatic N) is 3. The van der Waals surface area contributed by atoms with Gasteiger partial charge >= 0.3 is 17.9 Å². The van der Waals surface area contributed by atoms with Gasteiger partial charge in [0.15, 0.2) is 0 Å². The largest absolute Gasteiger partial charge is 0.444 e. The molecule has 0 spiro atoms. The van der Waals surface area contributed by atoms with E-state index in [0.717, 1.165) is 24.1 Å². The summed E-state index contributed by atoms with van der Waals surface area (Å²) in [5.74, 6) is -0.659. The third kappa shape index (κ3) is 7.00. The third-order valence-corrected chi connectivity index (χ3v) is 5.82. The Balaban J connectivity index is 1.73. The van der Waals surface area contributed by atoms with Crippen LogP contribution in [0.1, 0.15) is 70.3 Å². The number of carbonyl (C=O) groups excluding carboxylic acids is 3. The molecule has 1 aliphatic heterocycles. The summed E-state index contributed by atoms with van der Waals surface area (Å²) >= 11 is 0. The van der Waals surface area contributed by atoms with Crippen LogP contribution in [0.3, 0.4) is 0 Å². The molecule has 1 saturated heterocycles. The Morgan fingerprint density at radius 2 is 1.86 bits per heavy atom. The van der Waals surface area contributed by atoms with Gasteiger partial charge in [-0.15, -0.1) is 0 Å². The molecule has 3 heterocycles. The molecule has 0 radical (unpaired) electrons. The molecule has 3 amide bonds. The van der Waals surface area contributed by atoms with Crippen molar-refractivity contribution in [2.75, 3.05) is 17.2 Å². The molecule has 9 heteroatoms. The van der Waals surface area contributed by atoms with Gasteiger partial charge in [-0.3, -0.25) is 19.9 Å². The van der Waals surface area contributed by atoms with Crippen LogP contribution in [0.2, 0.25) is 0 Å². The monoisotopic (exact) mass is 481 g/mol. The summed E-state index contributed by atoms with van der Waals surface area (Å²) in [4.78, 5) is 48.5. The molecule has 2 N–H and O–H groups in total. The molecule has 2 aromatic heterocycles. The SMILES string of the molecule is CCc1cc(NC(=O)C(=O)N2C[C@@H](C)CC[C@@H]2c2ccc(C)nc2)cnc1NC(=O)OC(C)(C)C. The molecule has 1 aliphatic rings. The zero-order valence-electron chi connectivity index (χ0n) is 21.3. The average Bonchev–Trinajstić information content (AvgIpc) is 2.79. The molecular formula is C26H35N5O4. The van der Waals surface area contributed by atoms with E-state index in [1.165, 1.54) is 6.20 Å². The summed E-state index contributed by atoms with van der Waals surface area (Å²) in [6.07, 6.45) is 4.89. The first kappa shape index (κ1) is 26.1. The van der Waals surface area contributed by atoms with E-state index in [4.69, 9.17) is 4.74 Å². The Morgan fingerprint density at radius 3 is 2.49 bits per heavy atom. The molecule has 0 bridgehead atoms. The van der Waals surface area contributed by atoms with E-state index >= 15 is 0 Å². The molecule has 188 valence electrons. The van der Waals surface area contributed by atoms with Gasteiger partial charge in [-0.05, 0) is 76.1 Å². The second-order valence-electron chi connectivity index (χ2n) is 10.1. The van der Waals surface area contributed by atoms with Crippen LogP contribution in [0.15, 0.2) is 30.6 Å². The number of pyridine rings is 2. The maximum atomic E-state index is 13.2. The number of rotatable bonds is 4. The Kier molecular flexibility index (Phi) is 8.09. The molecule has 2 atom stereocenters. The van der Waals surface area contributed by atoms with E-state index < -0.39 is 23.5 Å². The molecule has 0 aromatic carbocycles. The van der Waals surface area contributed by atoms with Crippen LogP contribution in [0.5, 0.6) is 0 Å². The molecule has 2 aromatic rings. The first-order chi connectivity index (χ1) is 16.5. The number of ether oxygens (including phenoxy) is 1. The zero-order chi connectivity index (χ0) is 25.8. The predicted octanol–water partition coefficient (Wildman–Crippen LogP) is 4.63. The minimum atomic E-state index is -0.721. The van der Waals surface area contributed by atoms with E-state index in [1.807, 2.05) is 26.0 Å². The highest BCUT2D eigenvalue weighted by atomic mass is 16.6. The number of hydrogen-bond donors (Lipinski definition) is 2. The van der Waals surface area contributed by atoms with Gasteiger partial charge in [-0.2, -0.15) is 0 Å². The summed E-state index contributed by atoms with van der Waals surface area (Å²) in [5, 5.41) is 5.32. The summed E-state index contributed by atoms with van der Waals surface area (Å²) in [6, 6.07) is 5.39. The summed E-state index contributed by atoms with van der Waals surface area (Å²) < 4.78 is 5.28. The van der Waals surface area contributed by atoms with Crippen molar-refractivity contribution in [3.05, 3.63) is 47.4 Å². The Labute approximate surface area is 206 Å². The first-order valence-electron chi connectivity index (χ1n) is 12.0. The van der Waals surface area contributed by atoms with Gasteiger partial charge in [0.25, 0.3) is 0 Å². The highest BCUT2D eigenvalue weighted by Crippen LogP contribution is 2.33. The van der Waals surface area contributed by atoms with E-state index in [1.54, 1.807) is 37.9 Å². The quantitative estimate of drug-likeness (QED) is 0.616. The molecule has 3 rings (SSSR count). The zero-order valence-corrected chi connectivity index (χ0v) is 21.3. The van der Waals surface area contributed by atoms with Crippen molar-refractivity contribution in [3.63, 3.8) is 0 Å². The Bertz CT molecular complexity index is 1080. The van der Waals surface area contributed by atoms with Gasteiger partial charge in [-0.1, -0.05) is 19.9 Å². The van der Waals surface area contributed by atoms with Crippen molar-refractivity contribution in [1.82, 2.24) is 14.9 Å². The Hall–Kier alpha value is -3.49. The molecular weight excluding hydrogens is 446 g/mol. The molecule has 0 aliphatic carbocycles. The van der Waals surface area contributed by atoms with Gasteiger partial charge in [0.2, 0.25) is 0 Å². The van der Waals surface area contributed by atoms with E-state index in [9.17, 15) is 14.4 Å². The average molecular weight is 482 g/mol. The number of carbonyl (C=O) groups is 3. The number of nitrogens with one attached hydrogen (secondary N) is 2. The van der Waals surface area contributed by atoms with Gasteiger partial charge in [0.05, 0.1) is 17.9 Å². The number of anilines is 2. The predicted molar refractivity (Wildman–Crippen MR) is 134 cm³/mol. The lowest BCUT2D eigenvalue weighted by atomic mass is 9.90. The highest BCUT2D eigenvalue weighted by Gasteiger charge is 2.34.